The second kappa shape index (κ2) is 8.06. The third-order valence-electron chi connectivity index (χ3n) is 2.15. The maximum atomic E-state index is 10.6. The molecule has 67 valence electrons. The summed E-state index contributed by atoms with van der Waals surface area (Å²) in [6.07, 6.45) is 7.26. The highest BCUT2D eigenvalue weighted by Crippen LogP contribution is 2.14. The maximum Gasteiger partial charge on any atom is 0.0850 e. The molecule has 0 spiro atoms. The molecule has 1 unspecified atom stereocenters. The van der Waals surface area contributed by atoms with E-state index in [9.17, 15) is 5.11 Å². The summed E-state index contributed by atoms with van der Waals surface area (Å²) in [5.41, 5.74) is 0. The lowest BCUT2D eigenvalue weighted by Crippen LogP contribution is -2.04. The van der Waals surface area contributed by atoms with E-state index in [0.717, 1.165) is 12.8 Å². The first-order valence-electron chi connectivity index (χ1n) is 4.93. The molecule has 0 aliphatic heterocycles. The van der Waals surface area contributed by atoms with Gasteiger partial charge in [0.25, 0.3) is 0 Å². The molecule has 0 aliphatic rings. The Balaban J connectivity index is 3.20. The number of hydrogen-bond acceptors (Lipinski definition) is 0. The quantitative estimate of drug-likeness (QED) is 0.505. The normalized spacial score (nSPS) is 13.4. The lowest BCUT2D eigenvalue weighted by molar-refractivity contribution is 0.132. The van der Waals surface area contributed by atoms with Crippen LogP contribution in [0, 0.1) is 5.92 Å². The monoisotopic (exact) mass is 157 g/mol. The van der Waals surface area contributed by atoms with Crippen LogP contribution in [0.15, 0.2) is 0 Å². The van der Waals surface area contributed by atoms with Crippen molar-refractivity contribution < 1.29 is 5.11 Å². The number of rotatable bonds is 7. The van der Waals surface area contributed by atoms with Crippen molar-refractivity contribution in [2.45, 2.75) is 52.4 Å². The Bertz CT molecular complexity index is 71.3. The van der Waals surface area contributed by atoms with E-state index in [1.807, 2.05) is 0 Å². The molecule has 0 bridgehead atoms. The van der Waals surface area contributed by atoms with E-state index in [0.29, 0.717) is 5.92 Å². The van der Waals surface area contributed by atoms with Crippen LogP contribution in [0.4, 0.5) is 0 Å². The van der Waals surface area contributed by atoms with Crippen LogP contribution in [-0.4, -0.2) is 6.61 Å². The van der Waals surface area contributed by atoms with Gasteiger partial charge in [-0.15, -0.1) is 0 Å². The molecule has 0 heterocycles. The van der Waals surface area contributed by atoms with Gasteiger partial charge in [0, 0.05) is 0 Å². The third-order valence-corrected chi connectivity index (χ3v) is 2.15. The average molecular weight is 157 g/mol. The third kappa shape index (κ3) is 6.36. The zero-order valence-electron chi connectivity index (χ0n) is 7.94. The topological polar surface area (TPSA) is 19.9 Å². The van der Waals surface area contributed by atoms with E-state index >= 15 is 0 Å². The van der Waals surface area contributed by atoms with Crippen LogP contribution in [0.2, 0.25) is 0 Å². The molecule has 0 rings (SSSR count). The van der Waals surface area contributed by atoms with Gasteiger partial charge in [-0.25, -0.2) is 5.11 Å². The van der Waals surface area contributed by atoms with Crippen LogP contribution in [0.25, 0.3) is 0 Å². The van der Waals surface area contributed by atoms with Crippen molar-refractivity contribution in [2.75, 3.05) is 6.61 Å². The fourth-order valence-electron chi connectivity index (χ4n) is 1.40. The van der Waals surface area contributed by atoms with E-state index in [1.54, 1.807) is 0 Å². The minimum Gasteiger partial charge on any atom is -0.236 e. The Kier molecular flexibility index (Phi) is 8.03. The molecule has 1 nitrogen and oxygen atoms in total. The second-order valence-electron chi connectivity index (χ2n) is 3.32. The Hall–Kier alpha value is -0.0400. The summed E-state index contributed by atoms with van der Waals surface area (Å²) in [5, 5.41) is 10.6. The highest BCUT2D eigenvalue weighted by atomic mass is 16.3. The first-order chi connectivity index (χ1) is 5.35. The Morgan fingerprint density at radius 1 is 1.00 bits per heavy atom. The summed E-state index contributed by atoms with van der Waals surface area (Å²) in [6.45, 7) is 4.49. The van der Waals surface area contributed by atoms with E-state index in [2.05, 4.69) is 13.8 Å². The van der Waals surface area contributed by atoms with E-state index in [-0.39, 0.29) is 6.61 Å². The molecule has 0 saturated heterocycles. The second-order valence-corrected chi connectivity index (χ2v) is 3.32. The van der Waals surface area contributed by atoms with Crippen LogP contribution in [-0.2, 0) is 5.11 Å². The van der Waals surface area contributed by atoms with E-state index in [1.165, 1.54) is 25.7 Å². The van der Waals surface area contributed by atoms with Crippen LogP contribution in [0.5, 0.6) is 0 Å². The van der Waals surface area contributed by atoms with Crippen molar-refractivity contribution in [1.82, 2.24) is 0 Å². The van der Waals surface area contributed by atoms with Crippen molar-refractivity contribution in [1.29, 1.82) is 0 Å². The predicted octanol–water partition coefficient (Wildman–Crippen LogP) is 3.41. The van der Waals surface area contributed by atoms with Gasteiger partial charge in [0.05, 0.1) is 6.61 Å². The van der Waals surface area contributed by atoms with Gasteiger partial charge in [-0.05, 0) is 18.8 Å². The summed E-state index contributed by atoms with van der Waals surface area (Å²) in [6, 6.07) is 0. The average Bonchev–Trinajstić information content (AvgIpc) is 2.03. The summed E-state index contributed by atoms with van der Waals surface area (Å²) in [5.74, 6) is 0.464. The Morgan fingerprint density at radius 2 is 1.73 bits per heavy atom. The first-order valence-corrected chi connectivity index (χ1v) is 4.93. The van der Waals surface area contributed by atoms with Gasteiger partial charge in [0.15, 0.2) is 0 Å². The predicted molar refractivity (Wildman–Crippen MR) is 48.1 cm³/mol. The Morgan fingerprint density at radius 3 is 2.18 bits per heavy atom. The van der Waals surface area contributed by atoms with Crippen molar-refractivity contribution in [3.05, 3.63) is 0 Å². The lowest BCUT2D eigenvalue weighted by Gasteiger charge is -2.10. The molecule has 0 aromatic rings. The molecule has 11 heavy (non-hydrogen) atoms. The number of hydrogen-bond donors (Lipinski definition) is 0. The van der Waals surface area contributed by atoms with Crippen molar-refractivity contribution in [3.63, 3.8) is 0 Å². The number of unbranched alkanes of at least 4 members (excludes halogenated alkanes) is 2. The van der Waals surface area contributed by atoms with Gasteiger partial charge in [-0.2, -0.15) is 0 Å². The Labute approximate surface area is 70.8 Å². The minimum absolute atomic E-state index is 0.136. The van der Waals surface area contributed by atoms with Gasteiger partial charge >= 0.3 is 0 Å². The molecule has 0 saturated carbocycles. The SMILES string of the molecule is CCCCCC(C[O])CCC. The molecule has 0 aromatic carbocycles. The van der Waals surface area contributed by atoms with Crippen LogP contribution in [0.3, 0.4) is 0 Å². The van der Waals surface area contributed by atoms with Gasteiger partial charge in [0.1, 0.15) is 0 Å². The fraction of sp³-hybridized carbons (Fsp3) is 1.00. The summed E-state index contributed by atoms with van der Waals surface area (Å²) in [7, 11) is 0. The van der Waals surface area contributed by atoms with Crippen molar-refractivity contribution >= 4 is 0 Å². The lowest BCUT2D eigenvalue weighted by atomic mass is 9.98. The van der Waals surface area contributed by atoms with Gasteiger partial charge < -0.3 is 0 Å². The molecular weight excluding hydrogens is 136 g/mol. The van der Waals surface area contributed by atoms with Crippen molar-refractivity contribution in [2.24, 2.45) is 5.92 Å². The van der Waals surface area contributed by atoms with Crippen LogP contribution >= 0.6 is 0 Å². The largest absolute Gasteiger partial charge is 0.236 e. The highest BCUT2D eigenvalue weighted by Gasteiger charge is 2.05. The van der Waals surface area contributed by atoms with Crippen molar-refractivity contribution in [3.8, 4) is 0 Å². The molecule has 0 aromatic heterocycles. The zero-order chi connectivity index (χ0) is 8.53. The van der Waals surface area contributed by atoms with E-state index in [4.69, 9.17) is 0 Å². The van der Waals surface area contributed by atoms with E-state index < -0.39 is 0 Å². The molecule has 1 radical (unpaired) electrons. The molecule has 1 heteroatoms. The fourth-order valence-corrected chi connectivity index (χ4v) is 1.40. The van der Waals surface area contributed by atoms with Gasteiger partial charge in [0.2, 0.25) is 0 Å². The summed E-state index contributed by atoms with van der Waals surface area (Å²) < 4.78 is 0. The van der Waals surface area contributed by atoms with Crippen LogP contribution in [0.1, 0.15) is 52.4 Å². The smallest absolute Gasteiger partial charge is 0.0850 e. The molecule has 0 N–H and O–H groups in total. The molecule has 1 atom stereocenters. The highest BCUT2D eigenvalue weighted by molar-refractivity contribution is 4.56. The van der Waals surface area contributed by atoms with Crippen LogP contribution < -0.4 is 0 Å². The molecule has 0 amide bonds. The molecular formula is C10H21O. The van der Waals surface area contributed by atoms with Gasteiger partial charge in [-0.3, -0.25) is 0 Å². The molecule has 0 fully saturated rings. The maximum absolute atomic E-state index is 10.6. The first kappa shape index (κ1) is 11.0. The minimum atomic E-state index is 0.136. The summed E-state index contributed by atoms with van der Waals surface area (Å²) in [4.78, 5) is 0. The zero-order valence-corrected chi connectivity index (χ0v) is 7.94. The standard InChI is InChI=1S/C10H21O/c1-3-5-6-8-10(9-11)7-4-2/h10H,3-9H2,1-2H3. The van der Waals surface area contributed by atoms with Gasteiger partial charge in [-0.1, -0.05) is 39.5 Å². The summed E-state index contributed by atoms with van der Waals surface area (Å²) >= 11 is 0. The molecule has 0 aliphatic carbocycles.